The molecule has 1 aromatic rings. The van der Waals surface area contributed by atoms with Gasteiger partial charge in [-0.05, 0) is 37.3 Å². The Morgan fingerprint density at radius 2 is 2.20 bits per heavy atom. The summed E-state index contributed by atoms with van der Waals surface area (Å²) in [6.45, 7) is 1.22. The number of hydrogen-bond donors (Lipinski definition) is 2. The second-order valence-electron chi connectivity index (χ2n) is 5.18. The molecule has 114 valence electrons. The van der Waals surface area contributed by atoms with Crippen LogP contribution in [0.25, 0.3) is 0 Å². The van der Waals surface area contributed by atoms with E-state index in [1.54, 1.807) is 24.0 Å². The van der Waals surface area contributed by atoms with Gasteiger partial charge in [0, 0.05) is 38.1 Å². The van der Waals surface area contributed by atoms with Crippen molar-refractivity contribution in [1.82, 2.24) is 14.6 Å². The van der Waals surface area contributed by atoms with Gasteiger partial charge in [0.15, 0.2) is 0 Å². The van der Waals surface area contributed by atoms with Crippen LogP contribution in [0.3, 0.4) is 0 Å². The van der Waals surface area contributed by atoms with Crippen LogP contribution in [-0.4, -0.2) is 37.6 Å². The van der Waals surface area contributed by atoms with Gasteiger partial charge in [-0.1, -0.05) is 0 Å². The molecule has 0 spiro atoms. The number of sulfonamides is 1. The largest absolute Gasteiger partial charge is 0.352 e. The normalized spacial score (nSPS) is 15.7. The van der Waals surface area contributed by atoms with E-state index in [1.807, 2.05) is 17.9 Å². The molecular weight excluding hydrogens is 294 g/mol. The molecule has 1 aliphatic rings. The van der Waals surface area contributed by atoms with Crippen molar-refractivity contribution in [2.45, 2.75) is 36.7 Å². The molecule has 0 saturated heterocycles. The van der Waals surface area contributed by atoms with Crippen molar-refractivity contribution in [2.24, 2.45) is 7.05 Å². The minimum absolute atomic E-state index is 0.358. The van der Waals surface area contributed by atoms with Crippen LogP contribution in [0.1, 0.15) is 25.0 Å². The summed E-state index contributed by atoms with van der Waals surface area (Å²) >= 11 is 1.72. The molecule has 1 heterocycles. The lowest BCUT2D eigenvalue weighted by Crippen LogP contribution is -2.24. The third-order valence-corrected chi connectivity index (χ3v) is 5.48. The Hall–Kier alpha value is -0.500. The van der Waals surface area contributed by atoms with E-state index in [0.29, 0.717) is 17.5 Å². The van der Waals surface area contributed by atoms with Crippen LogP contribution in [0.2, 0.25) is 0 Å². The molecule has 0 aromatic carbocycles. The summed E-state index contributed by atoms with van der Waals surface area (Å²) in [5, 5.41) is 3.40. The first-order chi connectivity index (χ1) is 9.53. The zero-order chi connectivity index (χ0) is 14.6. The summed E-state index contributed by atoms with van der Waals surface area (Å²) in [5.74, 6) is 0.966. The van der Waals surface area contributed by atoms with Crippen LogP contribution in [0.5, 0.6) is 0 Å². The van der Waals surface area contributed by atoms with Gasteiger partial charge >= 0.3 is 0 Å². The Labute approximate surface area is 125 Å². The lowest BCUT2D eigenvalue weighted by atomic mass is 10.4. The van der Waals surface area contributed by atoms with Gasteiger partial charge in [-0.15, -0.1) is 0 Å². The van der Waals surface area contributed by atoms with E-state index < -0.39 is 10.0 Å². The van der Waals surface area contributed by atoms with Gasteiger partial charge in [-0.2, -0.15) is 11.8 Å². The van der Waals surface area contributed by atoms with Crippen LogP contribution in [-0.2, 0) is 23.6 Å². The highest BCUT2D eigenvalue weighted by Gasteiger charge is 2.22. The number of nitrogens with one attached hydrogen (secondary N) is 2. The molecule has 0 aliphatic heterocycles. The fourth-order valence-corrected chi connectivity index (χ4v) is 3.54. The van der Waals surface area contributed by atoms with Gasteiger partial charge in [-0.3, -0.25) is 0 Å². The molecule has 2 rings (SSSR count). The van der Waals surface area contributed by atoms with Crippen LogP contribution >= 0.6 is 11.8 Å². The van der Waals surface area contributed by atoms with Gasteiger partial charge in [0.05, 0.1) is 4.90 Å². The number of rotatable bonds is 9. The third kappa shape index (κ3) is 4.51. The number of thioether (sulfide) groups is 1. The second kappa shape index (κ2) is 6.98. The number of hydrogen-bond acceptors (Lipinski definition) is 4. The highest BCUT2D eigenvalue weighted by Crippen LogP contribution is 2.20. The van der Waals surface area contributed by atoms with E-state index in [0.717, 1.165) is 24.4 Å². The molecular formula is C13H23N3O2S2. The zero-order valence-electron chi connectivity index (χ0n) is 12.1. The molecule has 1 aromatic heterocycles. The van der Waals surface area contributed by atoms with Crippen molar-refractivity contribution < 1.29 is 8.42 Å². The molecule has 5 nitrogen and oxygen atoms in total. The van der Waals surface area contributed by atoms with Crippen LogP contribution in [0.15, 0.2) is 17.2 Å². The molecule has 1 saturated carbocycles. The zero-order valence-corrected chi connectivity index (χ0v) is 13.7. The Morgan fingerprint density at radius 1 is 1.45 bits per heavy atom. The van der Waals surface area contributed by atoms with Crippen molar-refractivity contribution in [3.05, 3.63) is 18.0 Å². The molecule has 0 bridgehead atoms. The molecule has 2 N–H and O–H groups in total. The highest BCUT2D eigenvalue weighted by molar-refractivity contribution is 7.98. The van der Waals surface area contributed by atoms with Crippen LogP contribution in [0.4, 0.5) is 0 Å². The van der Waals surface area contributed by atoms with Crippen molar-refractivity contribution in [1.29, 1.82) is 0 Å². The molecule has 7 heteroatoms. The summed E-state index contributed by atoms with van der Waals surface area (Å²) < 4.78 is 28.9. The van der Waals surface area contributed by atoms with E-state index in [2.05, 4.69) is 10.0 Å². The van der Waals surface area contributed by atoms with Crippen molar-refractivity contribution >= 4 is 21.8 Å². The fraction of sp³-hybridized carbons (Fsp3) is 0.692. The average Bonchev–Trinajstić information content (AvgIpc) is 3.15. The summed E-state index contributed by atoms with van der Waals surface area (Å²) in [5.41, 5.74) is 1.00. The van der Waals surface area contributed by atoms with Gasteiger partial charge in [0.2, 0.25) is 10.0 Å². The molecule has 0 atom stereocenters. The van der Waals surface area contributed by atoms with Crippen LogP contribution in [0, 0.1) is 0 Å². The van der Waals surface area contributed by atoms with Crippen molar-refractivity contribution in [2.75, 3.05) is 18.6 Å². The smallest absolute Gasteiger partial charge is 0.242 e. The van der Waals surface area contributed by atoms with Crippen molar-refractivity contribution in [3.63, 3.8) is 0 Å². The standard InChI is InChI=1S/C13H23N3O2S2/c1-16-10-13(8-12(16)9-14-11-4-5-11)20(17,18)15-6-3-7-19-2/h8,10-11,14-15H,3-7,9H2,1-2H3. The van der Waals surface area contributed by atoms with E-state index in [4.69, 9.17) is 0 Å². The minimum Gasteiger partial charge on any atom is -0.352 e. The number of aryl methyl sites for hydroxylation is 1. The summed E-state index contributed by atoms with van der Waals surface area (Å²) in [7, 11) is -1.49. The second-order valence-corrected chi connectivity index (χ2v) is 7.93. The molecule has 20 heavy (non-hydrogen) atoms. The van der Waals surface area contributed by atoms with Crippen LogP contribution < -0.4 is 10.0 Å². The Morgan fingerprint density at radius 3 is 2.85 bits per heavy atom. The minimum atomic E-state index is -3.37. The monoisotopic (exact) mass is 317 g/mol. The predicted molar refractivity (Wildman–Crippen MR) is 83.5 cm³/mol. The average molecular weight is 317 g/mol. The van der Waals surface area contributed by atoms with Crippen molar-refractivity contribution in [3.8, 4) is 0 Å². The summed E-state index contributed by atoms with van der Waals surface area (Å²) in [4.78, 5) is 0.358. The number of nitrogens with zero attached hydrogens (tertiary/aromatic N) is 1. The SMILES string of the molecule is CSCCCNS(=O)(=O)c1cc(CNC2CC2)n(C)c1. The first-order valence-electron chi connectivity index (χ1n) is 6.90. The fourth-order valence-electron chi connectivity index (χ4n) is 1.94. The molecule has 0 radical (unpaired) electrons. The Kier molecular flexibility index (Phi) is 5.54. The lowest BCUT2D eigenvalue weighted by Gasteiger charge is -2.03. The van der Waals surface area contributed by atoms with E-state index in [-0.39, 0.29) is 0 Å². The summed E-state index contributed by atoms with van der Waals surface area (Å²) in [6, 6.07) is 2.38. The molecule has 0 amide bonds. The molecule has 1 fully saturated rings. The summed E-state index contributed by atoms with van der Waals surface area (Å²) in [6.07, 6.45) is 7.01. The maximum absolute atomic E-state index is 12.2. The number of aromatic nitrogens is 1. The Balaban J connectivity index is 1.94. The quantitative estimate of drug-likeness (QED) is 0.674. The topological polar surface area (TPSA) is 63.1 Å². The van der Waals surface area contributed by atoms with Gasteiger partial charge in [0.1, 0.15) is 0 Å². The van der Waals surface area contributed by atoms with E-state index in [1.165, 1.54) is 12.8 Å². The third-order valence-electron chi connectivity index (χ3n) is 3.36. The van der Waals surface area contributed by atoms with Gasteiger partial charge in [0.25, 0.3) is 0 Å². The first-order valence-corrected chi connectivity index (χ1v) is 9.78. The van der Waals surface area contributed by atoms with Gasteiger partial charge in [-0.25, -0.2) is 13.1 Å². The van der Waals surface area contributed by atoms with Gasteiger partial charge < -0.3 is 9.88 Å². The first kappa shape index (κ1) is 15.9. The maximum Gasteiger partial charge on any atom is 0.242 e. The van der Waals surface area contributed by atoms with E-state index in [9.17, 15) is 8.42 Å². The Bertz CT molecular complexity index is 536. The molecule has 1 aliphatic carbocycles. The highest BCUT2D eigenvalue weighted by atomic mass is 32.2. The van der Waals surface area contributed by atoms with E-state index >= 15 is 0 Å². The lowest BCUT2D eigenvalue weighted by molar-refractivity contribution is 0.581. The predicted octanol–water partition coefficient (Wildman–Crippen LogP) is 1.31. The molecule has 0 unspecified atom stereocenters. The maximum atomic E-state index is 12.2.